The SMILES string of the molecule is CC(Cc1ccccc1)NS(=O)(=O)c1ccc(CO)cn1. The Morgan fingerprint density at radius 3 is 2.43 bits per heavy atom. The zero-order chi connectivity index (χ0) is 15.3. The van der Waals surface area contributed by atoms with Crippen LogP contribution in [0.15, 0.2) is 53.7 Å². The maximum atomic E-state index is 12.2. The van der Waals surface area contributed by atoms with E-state index in [9.17, 15) is 8.42 Å². The summed E-state index contributed by atoms with van der Waals surface area (Å²) >= 11 is 0. The van der Waals surface area contributed by atoms with Gasteiger partial charge in [-0.3, -0.25) is 0 Å². The summed E-state index contributed by atoms with van der Waals surface area (Å²) in [5.41, 5.74) is 1.64. The van der Waals surface area contributed by atoms with E-state index in [0.717, 1.165) is 5.56 Å². The van der Waals surface area contributed by atoms with E-state index >= 15 is 0 Å². The van der Waals surface area contributed by atoms with Crippen molar-refractivity contribution in [3.63, 3.8) is 0 Å². The minimum atomic E-state index is -3.65. The van der Waals surface area contributed by atoms with Gasteiger partial charge in [0.05, 0.1) is 6.61 Å². The second-order valence-electron chi connectivity index (χ2n) is 4.87. The first-order valence-corrected chi connectivity index (χ1v) is 8.11. The summed E-state index contributed by atoms with van der Waals surface area (Å²) < 4.78 is 27.0. The highest BCUT2D eigenvalue weighted by Crippen LogP contribution is 2.09. The lowest BCUT2D eigenvalue weighted by molar-refractivity contribution is 0.281. The van der Waals surface area contributed by atoms with E-state index in [1.807, 2.05) is 37.3 Å². The second-order valence-corrected chi connectivity index (χ2v) is 6.54. The van der Waals surface area contributed by atoms with Crippen LogP contribution in [0, 0.1) is 0 Å². The largest absolute Gasteiger partial charge is 0.392 e. The molecule has 1 atom stereocenters. The van der Waals surface area contributed by atoms with Gasteiger partial charge < -0.3 is 5.11 Å². The van der Waals surface area contributed by atoms with Crippen molar-refractivity contribution in [2.75, 3.05) is 0 Å². The molecule has 1 aromatic heterocycles. The Bertz CT molecular complexity index is 670. The van der Waals surface area contributed by atoms with Crippen LogP contribution in [0.5, 0.6) is 0 Å². The number of pyridine rings is 1. The monoisotopic (exact) mass is 306 g/mol. The lowest BCUT2D eigenvalue weighted by atomic mass is 10.1. The van der Waals surface area contributed by atoms with Gasteiger partial charge in [0.1, 0.15) is 0 Å². The number of hydrogen-bond donors (Lipinski definition) is 2. The third-order valence-electron chi connectivity index (χ3n) is 3.00. The topological polar surface area (TPSA) is 79.3 Å². The molecule has 5 nitrogen and oxygen atoms in total. The van der Waals surface area contributed by atoms with Crippen molar-refractivity contribution in [1.82, 2.24) is 9.71 Å². The molecule has 21 heavy (non-hydrogen) atoms. The second kappa shape index (κ2) is 6.80. The van der Waals surface area contributed by atoms with Crippen molar-refractivity contribution >= 4 is 10.0 Å². The van der Waals surface area contributed by atoms with Gasteiger partial charge in [0.2, 0.25) is 0 Å². The predicted octanol–water partition coefficient (Wildman–Crippen LogP) is 1.48. The zero-order valence-electron chi connectivity index (χ0n) is 11.7. The van der Waals surface area contributed by atoms with E-state index in [0.29, 0.717) is 12.0 Å². The molecule has 2 rings (SSSR count). The molecule has 112 valence electrons. The number of sulfonamides is 1. The fourth-order valence-electron chi connectivity index (χ4n) is 2.00. The van der Waals surface area contributed by atoms with Crippen LogP contribution in [-0.2, 0) is 23.1 Å². The van der Waals surface area contributed by atoms with Crippen LogP contribution in [0.1, 0.15) is 18.1 Å². The molecule has 0 saturated heterocycles. The molecular formula is C15H18N2O3S. The number of nitrogens with one attached hydrogen (secondary N) is 1. The molecule has 0 bridgehead atoms. The lowest BCUT2D eigenvalue weighted by Gasteiger charge is -2.14. The average Bonchev–Trinajstić information content (AvgIpc) is 2.47. The summed E-state index contributed by atoms with van der Waals surface area (Å²) in [6.45, 7) is 1.65. The molecule has 0 aliphatic heterocycles. The Morgan fingerprint density at radius 2 is 1.86 bits per heavy atom. The molecule has 0 amide bonds. The molecule has 0 fully saturated rings. The Kier molecular flexibility index (Phi) is 5.06. The molecule has 1 unspecified atom stereocenters. The molecule has 2 aromatic rings. The van der Waals surface area contributed by atoms with E-state index in [1.165, 1.54) is 12.3 Å². The van der Waals surface area contributed by atoms with E-state index < -0.39 is 10.0 Å². The Balaban J connectivity index is 2.05. The van der Waals surface area contributed by atoms with E-state index in [-0.39, 0.29) is 17.7 Å². The van der Waals surface area contributed by atoms with Gasteiger partial charge in [-0.15, -0.1) is 0 Å². The molecule has 2 N–H and O–H groups in total. The third-order valence-corrected chi connectivity index (χ3v) is 4.50. The maximum Gasteiger partial charge on any atom is 0.258 e. The highest BCUT2D eigenvalue weighted by molar-refractivity contribution is 7.89. The van der Waals surface area contributed by atoms with Crippen molar-refractivity contribution in [3.05, 3.63) is 59.8 Å². The normalized spacial score (nSPS) is 13.0. The number of nitrogens with zero attached hydrogens (tertiary/aromatic N) is 1. The number of aliphatic hydroxyl groups is 1. The summed E-state index contributed by atoms with van der Waals surface area (Å²) in [7, 11) is -3.65. The van der Waals surface area contributed by atoms with Crippen molar-refractivity contribution in [2.45, 2.75) is 31.0 Å². The Hall–Kier alpha value is -1.76. The van der Waals surface area contributed by atoms with Gasteiger partial charge in [0.25, 0.3) is 10.0 Å². The van der Waals surface area contributed by atoms with E-state index in [4.69, 9.17) is 5.11 Å². The summed E-state index contributed by atoms with van der Waals surface area (Å²) in [6.07, 6.45) is 1.96. The van der Waals surface area contributed by atoms with Crippen LogP contribution in [-0.4, -0.2) is 24.6 Å². The summed E-state index contributed by atoms with van der Waals surface area (Å²) in [4.78, 5) is 3.87. The van der Waals surface area contributed by atoms with Crippen molar-refractivity contribution in [1.29, 1.82) is 0 Å². The van der Waals surface area contributed by atoms with Crippen molar-refractivity contribution in [2.24, 2.45) is 0 Å². The molecule has 0 saturated carbocycles. The highest BCUT2D eigenvalue weighted by atomic mass is 32.2. The van der Waals surface area contributed by atoms with Crippen LogP contribution in [0.4, 0.5) is 0 Å². The summed E-state index contributed by atoms with van der Waals surface area (Å²) in [5.74, 6) is 0. The van der Waals surface area contributed by atoms with Gasteiger partial charge in [0.15, 0.2) is 5.03 Å². The fraction of sp³-hybridized carbons (Fsp3) is 0.267. The van der Waals surface area contributed by atoms with Crippen LogP contribution in [0.3, 0.4) is 0 Å². The number of aliphatic hydroxyl groups excluding tert-OH is 1. The zero-order valence-corrected chi connectivity index (χ0v) is 12.5. The van der Waals surface area contributed by atoms with E-state index in [2.05, 4.69) is 9.71 Å². The smallest absolute Gasteiger partial charge is 0.258 e. The number of benzene rings is 1. The quantitative estimate of drug-likeness (QED) is 0.847. The molecule has 0 aliphatic rings. The summed E-state index contributed by atoms with van der Waals surface area (Å²) in [5, 5.41) is 8.89. The molecule has 1 aromatic carbocycles. The molecule has 0 radical (unpaired) electrons. The standard InChI is InChI=1S/C15H18N2O3S/c1-12(9-13-5-3-2-4-6-13)17-21(19,20)15-8-7-14(11-18)10-16-15/h2-8,10,12,17-18H,9,11H2,1H3. The van der Waals surface area contributed by atoms with Gasteiger partial charge in [0, 0.05) is 12.2 Å². The molecular weight excluding hydrogens is 288 g/mol. The highest BCUT2D eigenvalue weighted by Gasteiger charge is 2.18. The maximum absolute atomic E-state index is 12.2. The summed E-state index contributed by atoms with van der Waals surface area (Å²) in [6, 6.07) is 12.4. The van der Waals surface area contributed by atoms with Crippen LogP contribution in [0.2, 0.25) is 0 Å². The van der Waals surface area contributed by atoms with Gasteiger partial charge >= 0.3 is 0 Å². The Morgan fingerprint density at radius 1 is 1.14 bits per heavy atom. The molecule has 6 heteroatoms. The van der Waals surface area contributed by atoms with Crippen molar-refractivity contribution < 1.29 is 13.5 Å². The van der Waals surface area contributed by atoms with Gasteiger partial charge in [-0.1, -0.05) is 36.4 Å². The number of hydrogen-bond acceptors (Lipinski definition) is 4. The lowest BCUT2D eigenvalue weighted by Crippen LogP contribution is -2.34. The van der Waals surface area contributed by atoms with Gasteiger partial charge in [-0.25, -0.2) is 18.1 Å². The van der Waals surface area contributed by atoms with Crippen LogP contribution >= 0.6 is 0 Å². The van der Waals surface area contributed by atoms with Gasteiger partial charge in [-0.05, 0) is 30.5 Å². The van der Waals surface area contributed by atoms with Crippen LogP contribution in [0.25, 0.3) is 0 Å². The predicted molar refractivity (Wildman–Crippen MR) is 80.1 cm³/mol. The average molecular weight is 306 g/mol. The molecule has 0 spiro atoms. The van der Waals surface area contributed by atoms with E-state index in [1.54, 1.807) is 6.07 Å². The molecule has 1 heterocycles. The number of aromatic nitrogens is 1. The first kappa shape index (κ1) is 15.6. The van der Waals surface area contributed by atoms with Crippen LogP contribution < -0.4 is 4.72 Å². The first-order valence-electron chi connectivity index (χ1n) is 6.63. The minimum Gasteiger partial charge on any atom is -0.392 e. The number of rotatable bonds is 6. The van der Waals surface area contributed by atoms with Crippen molar-refractivity contribution in [3.8, 4) is 0 Å². The molecule has 0 aliphatic carbocycles. The van der Waals surface area contributed by atoms with Gasteiger partial charge in [-0.2, -0.15) is 0 Å². The fourth-order valence-corrected chi connectivity index (χ4v) is 3.17. The minimum absolute atomic E-state index is 0.0420. The third kappa shape index (κ3) is 4.35. The Labute approximate surface area is 124 Å². The first-order chi connectivity index (χ1) is 10.0.